The van der Waals surface area contributed by atoms with E-state index in [-0.39, 0.29) is 12.5 Å². The van der Waals surface area contributed by atoms with E-state index in [1.54, 1.807) is 7.05 Å². The zero-order valence-electron chi connectivity index (χ0n) is 14.1. The van der Waals surface area contributed by atoms with Crippen molar-refractivity contribution in [3.8, 4) is 0 Å². The van der Waals surface area contributed by atoms with Crippen molar-refractivity contribution in [1.82, 2.24) is 10.2 Å². The lowest BCUT2D eigenvalue weighted by Crippen LogP contribution is -2.45. The monoisotopic (exact) mass is 314 g/mol. The Kier molecular flexibility index (Phi) is 6.20. The maximum Gasteiger partial charge on any atom is 0.246 e. The van der Waals surface area contributed by atoms with Crippen molar-refractivity contribution >= 4 is 17.6 Å². The van der Waals surface area contributed by atoms with Gasteiger partial charge in [0.15, 0.2) is 5.96 Å². The summed E-state index contributed by atoms with van der Waals surface area (Å²) in [7, 11) is 3.72. The quantitative estimate of drug-likeness (QED) is 0.378. The van der Waals surface area contributed by atoms with Crippen LogP contribution in [0.1, 0.15) is 18.4 Å². The summed E-state index contributed by atoms with van der Waals surface area (Å²) in [4.78, 5) is 20.6. The van der Waals surface area contributed by atoms with E-state index in [2.05, 4.69) is 23.0 Å². The van der Waals surface area contributed by atoms with Gasteiger partial charge in [-0.25, -0.2) is 0 Å². The number of carbonyl (C=O) groups excluding carboxylic acids is 1. The fourth-order valence-corrected chi connectivity index (χ4v) is 2.81. The van der Waals surface area contributed by atoms with Crippen LogP contribution in [0.4, 0.5) is 5.69 Å². The van der Waals surface area contributed by atoms with Crippen LogP contribution in [0.15, 0.2) is 41.9 Å². The van der Waals surface area contributed by atoms with E-state index >= 15 is 0 Å². The van der Waals surface area contributed by atoms with Crippen LogP contribution in [0.5, 0.6) is 0 Å². The molecule has 1 aliphatic heterocycles. The summed E-state index contributed by atoms with van der Waals surface area (Å²) in [5.74, 6) is 0.825. The van der Waals surface area contributed by atoms with Crippen LogP contribution < -0.4 is 10.2 Å². The number of carbonyl (C=O) groups is 1. The third-order valence-electron chi connectivity index (χ3n) is 4.06. The number of unbranched alkanes of at least 4 members (excludes halogenated alkanes) is 1. The Labute approximate surface area is 138 Å². The summed E-state index contributed by atoms with van der Waals surface area (Å²) in [6.45, 7) is 5.63. The molecule has 0 spiro atoms. The Balaban J connectivity index is 1.87. The summed E-state index contributed by atoms with van der Waals surface area (Å²) in [6.07, 6.45) is 4.84. The van der Waals surface area contributed by atoms with Crippen molar-refractivity contribution < 1.29 is 4.79 Å². The highest BCUT2D eigenvalue weighted by molar-refractivity contribution is 5.98. The number of para-hydroxylation sites is 1. The summed E-state index contributed by atoms with van der Waals surface area (Å²) in [5, 5.41) is 3.16. The molecule has 0 fully saturated rings. The highest BCUT2D eigenvalue weighted by Gasteiger charge is 2.24. The van der Waals surface area contributed by atoms with E-state index in [4.69, 9.17) is 0 Å². The standard InChI is InChI=1S/C18H26N4O/c1-4-5-8-12-21(3)18(19-2)20-14-17(23)22-13-11-15-9-6-7-10-16(15)22/h4,6-7,9-10H,1,5,8,11-14H2,2-3H3,(H,19,20). The molecule has 0 radical (unpaired) electrons. The van der Waals surface area contributed by atoms with Crippen LogP contribution in [0.2, 0.25) is 0 Å². The van der Waals surface area contributed by atoms with Gasteiger partial charge in [-0.1, -0.05) is 24.3 Å². The Morgan fingerprint density at radius 2 is 2.26 bits per heavy atom. The van der Waals surface area contributed by atoms with Crippen molar-refractivity contribution in [3.63, 3.8) is 0 Å². The zero-order valence-corrected chi connectivity index (χ0v) is 14.1. The van der Waals surface area contributed by atoms with Crippen LogP contribution in [-0.4, -0.2) is 50.5 Å². The van der Waals surface area contributed by atoms with Gasteiger partial charge in [0.05, 0.1) is 6.54 Å². The first-order chi connectivity index (χ1) is 11.2. The Bertz CT molecular complexity index is 582. The molecule has 1 heterocycles. The van der Waals surface area contributed by atoms with Gasteiger partial charge in [-0.2, -0.15) is 0 Å². The molecule has 0 bridgehead atoms. The van der Waals surface area contributed by atoms with Crippen molar-refractivity contribution in [1.29, 1.82) is 0 Å². The summed E-state index contributed by atoms with van der Waals surface area (Å²) >= 11 is 0. The summed E-state index contributed by atoms with van der Waals surface area (Å²) in [5.41, 5.74) is 2.28. The molecule has 0 aromatic heterocycles. The average Bonchev–Trinajstić information content (AvgIpc) is 2.99. The Morgan fingerprint density at radius 1 is 1.48 bits per heavy atom. The molecule has 5 heteroatoms. The molecule has 0 aliphatic carbocycles. The molecule has 1 aromatic carbocycles. The first-order valence-electron chi connectivity index (χ1n) is 8.08. The van der Waals surface area contributed by atoms with Crippen LogP contribution in [0.3, 0.4) is 0 Å². The maximum absolute atomic E-state index is 12.5. The highest BCUT2D eigenvalue weighted by atomic mass is 16.2. The SMILES string of the molecule is C=CCCCN(C)C(=NC)NCC(=O)N1CCc2ccccc21. The van der Waals surface area contributed by atoms with Gasteiger partial charge in [0.25, 0.3) is 0 Å². The summed E-state index contributed by atoms with van der Waals surface area (Å²) < 4.78 is 0. The number of guanidine groups is 1. The Morgan fingerprint density at radius 3 is 3.00 bits per heavy atom. The highest BCUT2D eigenvalue weighted by Crippen LogP contribution is 2.27. The molecule has 0 unspecified atom stereocenters. The number of hydrogen-bond acceptors (Lipinski definition) is 2. The predicted octanol–water partition coefficient (Wildman–Crippen LogP) is 2.05. The van der Waals surface area contributed by atoms with Gasteiger partial charge in [-0.05, 0) is 30.9 Å². The number of aliphatic imine (C=N–C) groups is 1. The first kappa shape index (κ1) is 17.1. The van der Waals surface area contributed by atoms with E-state index in [0.29, 0.717) is 0 Å². The van der Waals surface area contributed by atoms with Gasteiger partial charge in [-0.3, -0.25) is 9.79 Å². The number of rotatable bonds is 6. The minimum atomic E-state index is 0.0793. The smallest absolute Gasteiger partial charge is 0.246 e. The van der Waals surface area contributed by atoms with E-state index in [1.165, 1.54) is 5.56 Å². The van der Waals surface area contributed by atoms with Gasteiger partial charge in [-0.15, -0.1) is 6.58 Å². The van der Waals surface area contributed by atoms with Crippen LogP contribution in [-0.2, 0) is 11.2 Å². The number of amides is 1. The van der Waals surface area contributed by atoms with Crippen molar-refractivity contribution in [3.05, 3.63) is 42.5 Å². The number of nitrogens with zero attached hydrogens (tertiary/aromatic N) is 3. The number of benzene rings is 1. The van der Waals surface area contributed by atoms with Gasteiger partial charge in [0.1, 0.15) is 0 Å². The number of hydrogen-bond donors (Lipinski definition) is 1. The topological polar surface area (TPSA) is 47.9 Å². The number of anilines is 1. The Hall–Kier alpha value is -2.30. The van der Waals surface area contributed by atoms with Crippen molar-refractivity contribution in [2.45, 2.75) is 19.3 Å². The zero-order chi connectivity index (χ0) is 16.7. The maximum atomic E-state index is 12.5. The third-order valence-corrected chi connectivity index (χ3v) is 4.06. The molecule has 1 aliphatic rings. The molecule has 1 aromatic rings. The third kappa shape index (κ3) is 4.34. The predicted molar refractivity (Wildman–Crippen MR) is 95.9 cm³/mol. The second-order valence-corrected chi connectivity index (χ2v) is 5.68. The molecule has 0 saturated carbocycles. The summed E-state index contributed by atoms with van der Waals surface area (Å²) in [6, 6.07) is 8.09. The molecule has 1 N–H and O–H groups in total. The van der Waals surface area contributed by atoms with Crippen molar-refractivity contribution in [2.75, 3.05) is 38.6 Å². The molecule has 0 atom stereocenters. The average molecular weight is 314 g/mol. The molecular weight excluding hydrogens is 288 g/mol. The second kappa shape index (κ2) is 8.36. The normalized spacial score (nSPS) is 13.7. The van der Waals surface area contributed by atoms with E-state index in [9.17, 15) is 4.79 Å². The fraction of sp³-hybridized carbons (Fsp3) is 0.444. The first-order valence-corrected chi connectivity index (χ1v) is 8.08. The molecule has 1 amide bonds. The lowest BCUT2D eigenvalue weighted by atomic mass is 10.2. The molecule has 124 valence electrons. The lowest BCUT2D eigenvalue weighted by Gasteiger charge is -2.23. The van der Waals surface area contributed by atoms with E-state index in [1.807, 2.05) is 41.1 Å². The van der Waals surface area contributed by atoms with Gasteiger partial charge >= 0.3 is 0 Å². The lowest BCUT2D eigenvalue weighted by molar-refractivity contribution is -0.117. The second-order valence-electron chi connectivity index (χ2n) is 5.68. The van der Waals surface area contributed by atoms with E-state index < -0.39 is 0 Å². The van der Waals surface area contributed by atoms with Crippen LogP contribution in [0.25, 0.3) is 0 Å². The van der Waals surface area contributed by atoms with Gasteiger partial charge in [0.2, 0.25) is 5.91 Å². The molecule has 2 rings (SSSR count). The number of allylic oxidation sites excluding steroid dienone is 1. The number of fused-ring (bicyclic) bond motifs is 1. The van der Waals surface area contributed by atoms with Gasteiger partial charge < -0.3 is 15.1 Å². The van der Waals surface area contributed by atoms with Crippen LogP contribution in [0, 0.1) is 0 Å². The largest absolute Gasteiger partial charge is 0.347 e. The van der Waals surface area contributed by atoms with Crippen molar-refractivity contribution in [2.24, 2.45) is 4.99 Å². The molecule has 0 saturated heterocycles. The fourth-order valence-electron chi connectivity index (χ4n) is 2.81. The molecular formula is C18H26N4O. The molecule has 23 heavy (non-hydrogen) atoms. The van der Waals surface area contributed by atoms with E-state index in [0.717, 1.165) is 44.0 Å². The minimum absolute atomic E-state index is 0.0793. The molecule has 5 nitrogen and oxygen atoms in total. The number of nitrogens with one attached hydrogen (secondary N) is 1. The minimum Gasteiger partial charge on any atom is -0.347 e. The van der Waals surface area contributed by atoms with Gasteiger partial charge in [0, 0.05) is 32.9 Å². The van der Waals surface area contributed by atoms with Crippen LogP contribution >= 0.6 is 0 Å².